The van der Waals surface area contributed by atoms with Crippen LogP contribution in [0.25, 0.3) is 10.2 Å². The van der Waals surface area contributed by atoms with E-state index in [4.69, 9.17) is 16.3 Å². The zero-order valence-electron chi connectivity index (χ0n) is 11.6. The molecule has 0 spiro atoms. The van der Waals surface area contributed by atoms with Gasteiger partial charge in [-0.1, -0.05) is 6.92 Å². The lowest BCUT2D eigenvalue weighted by Gasteiger charge is -2.06. The number of nitrogens with zero attached hydrogens (tertiary/aromatic N) is 2. The predicted octanol–water partition coefficient (Wildman–Crippen LogP) is 3.65. The molecule has 0 saturated heterocycles. The third kappa shape index (κ3) is 2.86. The zero-order valence-corrected chi connectivity index (χ0v) is 13.2. The number of rotatable bonds is 5. The zero-order chi connectivity index (χ0) is 14.7. The van der Waals surface area contributed by atoms with E-state index in [1.165, 1.54) is 11.3 Å². The number of aromatic nitrogens is 2. The molecule has 5 nitrogen and oxygen atoms in total. The number of anilines is 1. The molecule has 0 atom stereocenters. The molecule has 20 heavy (non-hydrogen) atoms. The summed E-state index contributed by atoms with van der Waals surface area (Å²) in [5.74, 6) is 0.344. The van der Waals surface area contributed by atoms with E-state index in [0.29, 0.717) is 22.1 Å². The van der Waals surface area contributed by atoms with Crippen molar-refractivity contribution < 1.29 is 9.53 Å². The lowest BCUT2D eigenvalue weighted by Crippen LogP contribution is -2.05. The molecule has 7 heteroatoms. The number of ether oxygens (including phenoxy) is 1. The number of carbonyl (C=O) groups excluding carboxylic acids is 1. The molecule has 1 N–H and O–H groups in total. The molecule has 2 aromatic rings. The van der Waals surface area contributed by atoms with Crippen LogP contribution in [0.1, 0.15) is 35.5 Å². The van der Waals surface area contributed by atoms with Crippen LogP contribution >= 0.6 is 22.9 Å². The number of esters is 1. The van der Waals surface area contributed by atoms with E-state index in [1.807, 2.05) is 6.92 Å². The molecule has 2 heterocycles. The lowest BCUT2D eigenvalue weighted by atomic mass is 10.2. The van der Waals surface area contributed by atoms with Gasteiger partial charge in [-0.3, -0.25) is 0 Å². The molecule has 0 aliphatic heterocycles. The second-order valence-electron chi connectivity index (χ2n) is 4.22. The second-order valence-corrected chi connectivity index (χ2v) is 5.56. The molecule has 0 unspecified atom stereocenters. The summed E-state index contributed by atoms with van der Waals surface area (Å²) in [5, 5.41) is 4.24. The number of nitrogens with one attached hydrogen (secondary N) is 1. The third-order valence-corrected chi connectivity index (χ3v) is 4.10. The summed E-state index contributed by atoms with van der Waals surface area (Å²) in [6, 6.07) is 0. The van der Waals surface area contributed by atoms with Crippen LogP contribution in [0, 0.1) is 6.92 Å². The Morgan fingerprint density at radius 2 is 2.15 bits per heavy atom. The molecule has 0 amide bonds. The minimum absolute atomic E-state index is 0.174. The molecule has 0 saturated carbocycles. The van der Waals surface area contributed by atoms with Crippen molar-refractivity contribution in [2.45, 2.75) is 27.2 Å². The van der Waals surface area contributed by atoms with Crippen LogP contribution in [0.2, 0.25) is 5.28 Å². The highest BCUT2D eigenvalue weighted by Crippen LogP contribution is 2.35. The lowest BCUT2D eigenvalue weighted by molar-refractivity contribution is 0.0531. The van der Waals surface area contributed by atoms with Gasteiger partial charge in [0.05, 0.1) is 12.0 Å². The summed E-state index contributed by atoms with van der Waals surface area (Å²) in [6.45, 7) is 6.86. The Kier molecular flexibility index (Phi) is 4.77. The highest BCUT2D eigenvalue weighted by molar-refractivity contribution is 7.20. The maximum Gasteiger partial charge on any atom is 0.348 e. The van der Waals surface area contributed by atoms with Gasteiger partial charge in [-0.2, -0.15) is 0 Å². The molecule has 0 aliphatic rings. The molecule has 0 fully saturated rings. The van der Waals surface area contributed by atoms with Crippen LogP contribution in [0.5, 0.6) is 0 Å². The van der Waals surface area contributed by atoms with Crippen molar-refractivity contribution in [2.24, 2.45) is 0 Å². The van der Waals surface area contributed by atoms with Crippen molar-refractivity contribution in [1.82, 2.24) is 9.97 Å². The van der Waals surface area contributed by atoms with Crippen molar-refractivity contribution in [3.63, 3.8) is 0 Å². The van der Waals surface area contributed by atoms with Gasteiger partial charge in [0.25, 0.3) is 0 Å². The van der Waals surface area contributed by atoms with Gasteiger partial charge in [-0.15, -0.1) is 11.3 Å². The first-order valence-electron chi connectivity index (χ1n) is 6.46. The number of aryl methyl sites for hydroxylation is 1. The van der Waals surface area contributed by atoms with Crippen molar-refractivity contribution in [3.8, 4) is 0 Å². The highest BCUT2D eigenvalue weighted by Gasteiger charge is 2.20. The minimum Gasteiger partial charge on any atom is -0.462 e. The average Bonchev–Trinajstić information content (AvgIpc) is 2.73. The Hall–Kier alpha value is -1.40. The van der Waals surface area contributed by atoms with Gasteiger partial charge in [0.15, 0.2) is 0 Å². The Morgan fingerprint density at radius 1 is 1.40 bits per heavy atom. The molecule has 0 aromatic carbocycles. The van der Waals surface area contributed by atoms with Crippen molar-refractivity contribution in [1.29, 1.82) is 0 Å². The van der Waals surface area contributed by atoms with Crippen LogP contribution in [0.3, 0.4) is 0 Å². The van der Waals surface area contributed by atoms with Crippen molar-refractivity contribution in [3.05, 3.63) is 15.7 Å². The van der Waals surface area contributed by atoms with Gasteiger partial charge in [-0.25, -0.2) is 14.8 Å². The monoisotopic (exact) mass is 313 g/mol. The van der Waals surface area contributed by atoms with Crippen LogP contribution in [0.4, 0.5) is 5.82 Å². The highest BCUT2D eigenvalue weighted by atomic mass is 35.5. The van der Waals surface area contributed by atoms with Gasteiger partial charge in [0.2, 0.25) is 5.28 Å². The fourth-order valence-corrected chi connectivity index (χ4v) is 3.17. The van der Waals surface area contributed by atoms with Gasteiger partial charge < -0.3 is 10.1 Å². The number of hydrogen-bond acceptors (Lipinski definition) is 6. The summed E-state index contributed by atoms with van der Waals surface area (Å²) < 4.78 is 5.06. The largest absolute Gasteiger partial charge is 0.462 e. The predicted molar refractivity (Wildman–Crippen MR) is 81.9 cm³/mol. The Balaban J connectivity index is 2.55. The van der Waals surface area contributed by atoms with Crippen LogP contribution in [0.15, 0.2) is 0 Å². The molecule has 0 radical (unpaired) electrons. The minimum atomic E-state index is -0.328. The van der Waals surface area contributed by atoms with E-state index in [-0.39, 0.29) is 11.3 Å². The smallest absolute Gasteiger partial charge is 0.348 e. The second kappa shape index (κ2) is 6.37. The molecular weight excluding hydrogens is 298 g/mol. The standard InChI is InChI=1S/C13H16ClN3O2S/c1-4-6-15-10-8-7(3)9(12(18)19-5-2)20-11(8)17-13(14)16-10/h4-6H2,1-3H3,(H,15,16,17). The van der Waals surface area contributed by atoms with Crippen LogP contribution in [-0.2, 0) is 4.74 Å². The fraction of sp³-hybridized carbons (Fsp3) is 0.462. The van der Waals surface area contributed by atoms with E-state index >= 15 is 0 Å². The maximum atomic E-state index is 11.9. The summed E-state index contributed by atoms with van der Waals surface area (Å²) >= 11 is 7.22. The molecule has 0 aliphatic carbocycles. The summed E-state index contributed by atoms with van der Waals surface area (Å²) in [7, 11) is 0. The van der Waals surface area contributed by atoms with Gasteiger partial charge in [-0.05, 0) is 37.4 Å². The first-order valence-corrected chi connectivity index (χ1v) is 7.65. The quantitative estimate of drug-likeness (QED) is 0.674. The Bertz CT molecular complexity index is 642. The molecule has 2 rings (SSSR count). The number of hydrogen-bond donors (Lipinski definition) is 1. The van der Waals surface area contributed by atoms with Crippen molar-refractivity contribution in [2.75, 3.05) is 18.5 Å². The SMILES string of the molecule is CCCNc1nc(Cl)nc2sc(C(=O)OCC)c(C)c12. The first-order chi connectivity index (χ1) is 9.58. The summed E-state index contributed by atoms with van der Waals surface area (Å²) in [6.07, 6.45) is 0.969. The normalized spacial score (nSPS) is 10.8. The molecule has 2 aromatic heterocycles. The van der Waals surface area contributed by atoms with Crippen LogP contribution in [-0.4, -0.2) is 29.1 Å². The van der Waals surface area contributed by atoms with E-state index in [2.05, 4.69) is 22.2 Å². The first kappa shape index (κ1) is 15.0. The number of fused-ring (bicyclic) bond motifs is 1. The average molecular weight is 314 g/mol. The van der Waals surface area contributed by atoms with E-state index in [9.17, 15) is 4.79 Å². The van der Waals surface area contributed by atoms with E-state index in [1.54, 1.807) is 6.92 Å². The van der Waals surface area contributed by atoms with Gasteiger partial charge >= 0.3 is 5.97 Å². The Morgan fingerprint density at radius 3 is 2.80 bits per heavy atom. The van der Waals surface area contributed by atoms with Crippen molar-refractivity contribution >= 4 is 44.9 Å². The van der Waals surface area contributed by atoms with E-state index in [0.717, 1.165) is 23.9 Å². The maximum absolute atomic E-state index is 11.9. The fourth-order valence-electron chi connectivity index (χ4n) is 1.88. The van der Waals surface area contributed by atoms with Gasteiger partial charge in [0, 0.05) is 6.54 Å². The number of carbonyl (C=O) groups is 1. The summed E-state index contributed by atoms with van der Waals surface area (Å²) in [4.78, 5) is 21.6. The molecular formula is C13H16ClN3O2S. The number of thiophene rings is 1. The number of halogens is 1. The van der Waals surface area contributed by atoms with Crippen LogP contribution < -0.4 is 5.32 Å². The summed E-state index contributed by atoms with van der Waals surface area (Å²) in [5.41, 5.74) is 0.832. The van der Waals surface area contributed by atoms with Gasteiger partial charge in [0.1, 0.15) is 15.5 Å². The topological polar surface area (TPSA) is 64.1 Å². The third-order valence-electron chi connectivity index (χ3n) is 2.77. The van der Waals surface area contributed by atoms with E-state index < -0.39 is 0 Å². The molecule has 0 bridgehead atoms. The Labute approximate surface area is 126 Å². The molecule has 108 valence electrons.